The van der Waals surface area contributed by atoms with Crippen molar-refractivity contribution in [1.29, 1.82) is 5.26 Å². The Kier molecular flexibility index (Phi) is 2.95. The molecule has 6 heteroatoms. The van der Waals surface area contributed by atoms with Crippen LogP contribution in [0.2, 0.25) is 0 Å². The lowest BCUT2D eigenvalue weighted by Gasteiger charge is -2.07. The highest BCUT2D eigenvalue weighted by Crippen LogP contribution is 2.27. The number of rotatable bonds is 2. The normalized spacial score (nSPS) is 10.1. The lowest BCUT2D eigenvalue weighted by Crippen LogP contribution is -2.08. The SMILES string of the molecule is Cc1cnc(C(=O)O)c(C#N)c1C(F)F. The van der Waals surface area contributed by atoms with Crippen LogP contribution in [0.1, 0.15) is 33.6 Å². The van der Waals surface area contributed by atoms with Crippen molar-refractivity contribution in [1.82, 2.24) is 4.98 Å². The summed E-state index contributed by atoms with van der Waals surface area (Å²) in [5, 5.41) is 17.3. The van der Waals surface area contributed by atoms with Crippen LogP contribution in [0.3, 0.4) is 0 Å². The summed E-state index contributed by atoms with van der Waals surface area (Å²) in [5.74, 6) is -1.49. The molecule has 0 aliphatic heterocycles. The number of halogens is 2. The standard InChI is InChI=1S/C9H6F2N2O2/c1-4-3-13-7(9(14)15)5(2-12)6(4)8(10)11/h3,8H,1H3,(H,14,15). The molecule has 0 atom stereocenters. The van der Waals surface area contributed by atoms with E-state index < -0.39 is 29.2 Å². The number of hydrogen-bond acceptors (Lipinski definition) is 3. The second-order valence-corrected chi connectivity index (χ2v) is 2.80. The fourth-order valence-corrected chi connectivity index (χ4v) is 1.18. The first kappa shape index (κ1) is 11.0. The average Bonchev–Trinajstić information content (AvgIpc) is 2.15. The molecular weight excluding hydrogens is 206 g/mol. The molecule has 0 bridgehead atoms. The van der Waals surface area contributed by atoms with Gasteiger partial charge in [0, 0.05) is 11.8 Å². The van der Waals surface area contributed by atoms with Crippen molar-refractivity contribution in [3.05, 3.63) is 28.6 Å². The molecule has 0 spiro atoms. The van der Waals surface area contributed by atoms with Crippen LogP contribution < -0.4 is 0 Å². The average molecular weight is 212 g/mol. The number of carbonyl (C=O) groups is 1. The van der Waals surface area contributed by atoms with Gasteiger partial charge in [-0.15, -0.1) is 0 Å². The summed E-state index contributed by atoms with van der Waals surface area (Å²) in [6.07, 6.45) is -1.87. The number of pyridine rings is 1. The van der Waals surface area contributed by atoms with Gasteiger partial charge in [-0.2, -0.15) is 5.26 Å². The molecule has 0 unspecified atom stereocenters. The van der Waals surface area contributed by atoms with Gasteiger partial charge in [-0.1, -0.05) is 0 Å². The van der Waals surface area contributed by atoms with Gasteiger partial charge in [0.1, 0.15) is 6.07 Å². The largest absolute Gasteiger partial charge is 0.476 e. The molecule has 1 N–H and O–H groups in total. The van der Waals surface area contributed by atoms with Crippen LogP contribution in [0.4, 0.5) is 8.78 Å². The minimum atomic E-state index is -2.89. The lowest BCUT2D eigenvalue weighted by molar-refractivity contribution is 0.0689. The Hall–Kier alpha value is -2.03. The van der Waals surface area contributed by atoms with Crippen LogP contribution in [-0.4, -0.2) is 16.1 Å². The van der Waals surface area contributed by atoms with Gasteiger partial charge in [0.2, 0.25) is 0 Å². The summed E-state index contributed by atoms with van der Waals surface area (Å²) in [7, 11) is 0. The van der Waals surface area contributed by atoms with Gasteiger partial charge >= 0.3 is 5.97 Å². The fourth-order valence-electron chi connectivity index (χ4n) is 1.18. The molecule has 1 aromatic rings. The van der Waals surface area contributed by atoms with Gasteiger partial charge < -0.3 is 5.11 Å². The highest BCUT2D eigenvalue weighted by Gasteiger charge is 2.23. The van der Waals surface area contributed by atoms with Crippen molar-refractivity contribution in [3.63, 3.8) is 0 Å². The number of aromatic nitrogens is 1. The number of aryl methyl sites for hydroxylation is 1. The van der Waals surface area contributed by atoms with Crippen molar-refractivity contribution >= 4 is 5.97 Å². The first-order chi connectivity index (χ1) is 6.99. The predicted molar refractivity (Wildman–Crippen MR) is 45.6 cm³/mol. The summed E-state index contributed by atoms with van der Waals surface area (Å²) < 4.78 is 25.1. The Morgan fingerprint density at radius 3 is 2.67 bits per heavy atom. The Morgan fingerprint density at radius 2 is 2.27 bits per heavy atom. The van der Waals surface area contributed by atoms with Crippen LogP contribution in [-0.2, 0) is 0 Å². The van der Waals surface area contributed by atoms with Gasteiger partial charge in [-0.25, -0.2) is 18.6 Å². The molecule has 0 fully saturated rings. The second kappa shape index (κ2) is 4.00. The lowest BCUT2D eigenvalue weighted by atomic mass is 10.0. The Balaban J connectivity index is 3.56. The minimum Gasteiger partial charge on any atom is -0.476 e. The minimum absolute atomic E-state index is 0.103. The fraction of sp³-hybridized carbons (Fsp3) is 0.222. The maximum Gasteiger partial charge on any atom is 0.355 e. The Bertz CT molecular complexity index is 452. The van der Waals surface area contributed by atoms with E-state index in [0.29, 0.717) is 0 Å². The Labute approximate surface area is 83.8 Å². The van der Waals surface area contributed by atoms with E-state index in [1.54, 1.807) is 0 Å². The van der Waals surface area contributed by atoms with Crippen molar-refractivity contribution in [2.75, 3.05) is 0 Å². The van der Waals surface area contributed by atoms with E-state index >= 15 is 0 Å². The van der Waals surface area contributed by atoms with Crippen LogP contribution >= 0.6 is 0 Å². The molecule has 78 valence electrons. The molecule has 0 saturated heterocycles. The maximum atomic E-state index is 12.5. The number of aromatic carboxylic acids is 1. The molecule has 1 heterocycles. The first-order valence-corrected chi connectivity index (χ1v) is 3.90. The van der Waals surface area contributed by atoms with E-state index in [9.17, 15) is 13.6 Å². The summed E-state index contributed by atoms with van der Waals surface area (Å²) in [6.45, 7) is 1.35. The number of alkyl halides is 2. The van der Waals surface area contributed by atoms with Gasteiger partial charge in [0.05, 0.1) is 5.56 Å². The molecule has 0 amide bonds. The summed E-state index contributed by atoms with van der Waals surface area (Å²) >= 11 is 0. The first-order valence-electron chi connectivity index (χ1n) is 3.90. The third-order valence-corrected chi connectivity index (χ3v) is 1.85. The molecule has 0 aromatic carbocycles. The van der Waals surface area contributed by atoms with Gasteiger partial charge in [-0.3, -0.25) is 0 Å². The van der Waals surface area contributed by atoms with Crippen molar-refractivity contribution in [2.45, 2.75) is 13.3 Å². The molecule has 4 nitrogen and oxygen atoms in total. The summed E-state index contributed by atoms with van der Waals surface area (Å²) in [6, 6.07) is 1.44. The van der Waals surface area contributed by atoms with Gasteiger partial charge in [0.15, 0.2) is 5.69 Å². The molecule has 1 aromatic heterocycles. The van der Waals surface area contributed by atoms with E-state index in [2.05, 4.69) is 4.98 Å². The molecule has 0 radical (unpaired) electrons. The van der Waals surface area contributed by atoms with Crippen LogP contribution in [0.15, 0.2) is 6.20 Å². The zero-order chi connectivity index (χ0) is 11.6. The van der Waals surface area contributed by atoms with E-state index in [1.807, 2.05) is 0 Å². The topological polar surface area (TPSA) is 74.0 Å². The second-order valence-electron chi connectivity index (χ2n) is 2.80. The van der Waals surface area contributed by atoms with E-state index in [1.165, 1.54) is 13.0 Å². The number of nitriles is 1. The quantitative estimate of drug-likeness (QED) is 0.812. The van der Waals surface area contributed by atoms with Crippen molar-refractivity contribution in [3.8, 4) is 6.07 Å². The highest BCUT2D eigenvalue weighted by molar-refractivity contribution is 5.89. The molecular formula is C9H6F2N2O2. The van der Waals surface area contributed by atoms with Crippen molar-refractivity contribution in [2.24, 2.45) is 0 Å². The highest BCUT2D eigenvalue weighted by atomic mass is 19.3. The number of nitrogens with zero attached hydrogens (tertiary/aromatic N) is 2. The number of carboxylic acid groups (broad SMARTS) is 1. The van der Waals surface area contributed by atoms with Gasteiger partial charge in [0.25, 0.3) is 6.43 Å². The molecule has 0 aliphatic carbocycles. The smallest absolute Gasteiger partial charge is 0.355 e. The van der Waals surface area contributed by atoms with Gasteiger partial charge in [-0.05, 0) is 12.5 Å². The summed E-state index contributed by atoms with van der Waals surface area (Å²) in [4.78, 5) is 14.0. The summed E-state index contributed by atoms with van der Waals surface area (Å²) in [5.41, 5.74) is -1.67. The molecule has 0 aliphatic rings. The molecule has 0 saturated carbocycles. The number of hydrogen-bond donors (Lipinski definition) is 1. The van der Waals surface area contributed by atoms with Crippen LogP contribution in [0.25, 0.3) is 0 Å². The maximum absolute atomic E-state index is 12.5. The van der Waals surface area contributed by atoms with E-state index in [-0.39, 0.29) is 5.56 Å². The van der Waals surface area contributed by atoms with Crippen molar-refractivity contribution < 1.29 is 18.7 Å². The monoisotopic (exact) mass is 212 g/mol. The zero-order valence-corrected chi connectivity index (χ0v) is 7.66. The van der Waals surface area contributed by atoms with E-state index in [0.717, 1.165) is 6.20 Å². The van der Waals surface area contributed by atoms with E-state index in [4.69, 9.17) is 10.4 Å². The predicted octanol–water partition coefficient (Wildman–Crippen LogP) is 1.90. The molecule has 15 heavy (non-hydrogen) atoms. The number of carboxylic acids is 1. The third-order valence-electron chi connectivity index (χ3n) is 1.85. The Morgan fingerprint density at radius 1 is 1.67 bits per heavy atom. The third kappa shape index (κ3) is 1.91. The zero-order valence-electron chi connectivity index (χ0n) is 7.66. The van der Waals surface area contributed by atoms with Crippen LogP contribution in [0, 0.1) is 18.3 Å². The molecule has 1 rings (SSSR count). The van der Waals surface area contributed by atoms with Crippen LogP contribution in [0.5, 0.6) is 0 Å².